The first kappa shape index (κ1) is 24.8. The van der Waals surface area contributed by atoms with Gasteiger partial charge >= 0.3 is 0 Å². The molecule has 10 rings (SSSR count). The van der Waals surface area contributed by atoms with Gasteiger partial charge in [-0.15, -0.1) is 11.3 Å². The molecule has 2 aromatic heterocycles. The smallest absolute Gasteiger partial charge is 0.135 e. The molecule has 0 saturated heterocycles. The van der Waals surface area contributed by atoms with E-state index in [-0.39, 0.29) is 0 Å². The Hall–Kier alpha value is -5.64. The van der Waals surface area contributed by atoms with Crippen LogP contribution in [0.1, 0.15) is 0 Å². The molecule has 0 fully saturated rings. The van der Waals surface area contributed by atoms with E-state index in [0.717, 1.165) is 39.0 Å². The van der Waals surface area contributed by atoms with E-state index in [2.05, 4.69) is 144 Å². The standard InChI is InChI=1S/C42H25NOS/c1-2-10-29-26(9-1)17-20-31-30-11-3-4-12-32(30)38(25-36(29)31)43(27-19-22-40-37(23-27)33-13-5-7-15-39(33)44-40)28-18-21-35-34-14-6-8-16-41(34)45-42(35)24-28/h1-25H. The van der Waals surface area contributed by atoms with Gasteiger partial charge in [0, 0.05) is 47.7 Å². The van der Waals surface area contributed by atoms with Crippen molar-refractivity contribution in [2.75, 3.05) is 4.90 Å². The molecule has 210 valence electrons. The third-order valence-electron chi connectivity index (χ3n) is 9.22. The van der Waals surface area contributed by atoms with Gasteiger partial charge in [0.2, 0.25) is 0 Å². The van der Waals surface area contributed by atoms with Crippen molar-refractivity contribution in [1.29, 1.82) is 0 Å². The van der Waals surface area contributed by atoms with E-state index in [1.165, 1.54) is 52.5 Å². The van der Waals surface area contributed by atoms with Crippen molar-refractivity contribution in [3.63, 3.8) is 0 Å². The number of thiophene rings is 1. The van der Waals surface area contributed by atoms with Gasteiger partial charge in [0.15, 0.2) is 0 Å². The highest BCUT2D eigenvalue weighted by molar-refractivity contribution is 7.25. The molecule has 0 aliphatic carbocycles. The molecule has 0 N–H and O–H groups in total. The molecule has 0 unspecified atom stereocenters. The van der Waals surface area contributed by atoms with Crippen molar-refractivity contribution in [2.45, 2.75) is 0 Å². The summed E-state index contributed by atoms with van der Waals surface area (Å²) in [5, 5.41) is 12.3. The van der Waals surface area contributed by atoms with Crippen molar-refractivity contribution in [2.24, 2.45) is 0 Å². The molecule has 0 radical (unpaired) electrons. The van der Waals surface area contributed by atoms with Crippen LogP contribution in [0.2, 0.25) is 0 Å². The number of furan rings is 1. The van der Waals surface area contributed by atoms with Crippen LogP contribution in [0.3, 0.4) is 0 Å². The zero-order chi connectivity index (χ0) is 29.5. The average molecular weight is 592 g/mol. The van der Waals surface area contributed by atoms with Gasteiger partial charge in [-0.3, -0.25) is 0 Å². The first-order chi connectivity index (χ1) is 22.3. The van der Waals surface area contributed by atoms with E-state index in [0.29, 0.717) is 0 Å². The first-order valence-corrected chi connectivity index (χ1v) is 16.1. The second kappa shape index (κ2) is 9.43. The van der Waals surface area contributed by atoms with Crippen molar-refractivity contribution in [3.05, 3.63) is 152 Å². The molecule has 0 spiro atoms. The van der Waals surface area contributed by atoms with Crippen LogP contribution in [0, 0.1) is 0 Å². The summed E-state index contributed by atoms with van der Waals surface area (Å²) in [5.41, 5.74) is 5.19. The van der Waals surface area contributed by atoms with Gasteiger partial charge in [-0.05, 0) is 75.5 Å². The normalized spacial score (nSPS) is 12.0. The number of benzene rings is 8. The molecule has 0 atom stereocenters. The summed E-state index contributed by atoms with van der Waals surface area (Å²) in [7, 11) is 0. The SMILES string of the molecule is c1ccc2c(c1)ccc1c3ccccc3c(N(c3ccc4c(c3)sc3ccccc34)c3ccc4oc5ccccc5c4c3)cc21. The number of hydrogen-bond donors (Lipinski definition) is 0. The number of hydrogen-bond acceptors (Lipinski definition) is 3. The Morgan fingerprint density at radius 3 is 1.91 bits per heavy atom. The van der Waals surface area contributed by atoms with E-state index in [1.807, 2.05) is 23.5 Å². The van der Waals surface area contributed by atoms with Gasteiger partial charge in [-0.25, -0.2) is 0 Å². The van der Waals surface area contributed by atoms with Gasteiger partial charge in [-0.1, -0.05) is 103 Å². The van der Waals surface area contributed by atoms with Crippen molar-refractivity contribution >= 4 is 103 Å². The van der Waals surface area contributed by atoms with Crippen LogP contribution in [-0.2, 0) is 0 Å². The highest BCUT2D eigenvalue weighted by Gasteiger charge is 2.20. The maximum absolute atomic E-state index is 6.25. The highest BCUT2D eigenvalue weighted by Crippen LogP contribution is 2.46. The largest absolute Gasteiger partial charge is 0.456 e. The maximum atomic E-state index is 6.25. The Morgan fingerprint density at radius 2 is 1.00 bits per heavy atom. The summed E-state index contributed by atoms with van der Waals surface area (Å²) in [5.74, 6) is 0. The maximum Gasteiger partial charge on any atom is 0.135 e. The lowest BCUT2D eigenvalue weighted by Crippen LogP contribution is -2.10. The van der Waals surface area contributed by atoms with Crippen LogP contribution in [0.25, 0.3) is 74.4 Å². The number of nitrogens with zero attached hydrogens (tertiary/aromatic N) is 1. The van der Waals surface area contributed by atoms with E-state index in [9.17, 15) is 0 Å². The van der Waals surface area contributed by atoms with Gasteiger partial charge in [0.25, 0.3) is 0 Å². The predicted octanol–water partition coefficient (Wildman–Crippen LogP) is 12.9. The minimum atomic E-state index is 0.897. The molecule has 45 heavy (non-hydrogen) atoms. The lowest BCUT2D eigenvalue weighted by molar-refractivity contribution is 0.669. The zero-order valence-electron chi connectivity index (χ0n) is 24.2. The molecule has 2 heterocycles. The number of anilines is 3. The molecular weight excluding hydrogens is 567 g/mol. The van der Waals surface area contributed by atoms with Crippen LogP contribution in [-0.4, -0.2) is 0 Å². The molecule has 0 amide bonds. The van der Waals surface area contributed by atoms with E-state index in [1.54, 1.807) is 0 Å². The Labute approximate surface area is 263 Å². The van der Waals surface area contributed by atoms with Crippen LogP contribution >= 0.6 is 11.3 Å². The first-order valence-electron chi connectivity index (χ1n) is 15.3. The lowest BCUT2D eigenvalue weighted by Gasteiger charge is -2.28. The Balaban J connectivity index is 1.32. The summed E-state index contributed by atoms with van der Waals surface area (Å²) in [6.45, 7) is 0. The van der Waals surface area contributed by atoms with Crippen molar-refractivity contribution in [3.8, 4) is 0 Å². The second-order valence-electron chi connectivity index (χ2n) is 11.7. The molecular formula is C42H25NOS. The Kier molecular flexibility index (Phi) is 5.19. The molecule has 0 aliphatic rings. The number of rotatable bonds is 3. The van der Waals surface area contributed by atoms with Crippen LogP contribution in [0.5, 0.6) is 0 Å². The zero-order valence-corrected chi connectivity index (χ0v) is 25.0. The molecule has 0 bridgehead atoms. The van der Waals surface area contributed by atoms with Crippen molar-refractivity contribution in [1.82, 2.24) is 0 Å². The van der Waals surface area contributed by atoms with Gasteiger partial charge in [0.05, 0.1) is 5.69 Å². The fourth-order valence-corrected chi connectivity index (χ4v) is 8.30. The van der Waals surface area contributed by atoms with Gasteiger partial charge in [-0.2, -0.15) is 0 Å². The Morgan fingerprint density at radius 1 is 0.378 bits per heavy atom. The summed E-state index contributed by atoms with van der Waals surface area (Å²) >= 11 is 1.86. The molecule has 8 aromatic carbocycles. The summed E-state index contributed by atoms with van der Waals surface area (Å²) in [6.07, 6.45) is 0. The summed E-state index contributed by atoms with van der Waals surface area (Å²) in [4.78, 5) is 2.44. The monoisotopic (exact) mass is 591 g/mol. The third-order valence-corrected chi connectivity index (χ3v) is 10.4. The number of para-hydroxylation sites is 1. The fraction of sp³-hybridized carbons (Fsp3) is 0. The molecule has 3 heteroatoms. The van der Waals surface area contributed by atoms with Crippen LogP contribution < -0.4 is 4.90 Å². The fourth-order valence-electron chi connectivity index (χ4n) is 7.16. The minimum absolute atomic E-state index is 0.897. The molecule has 2 nitrogen and oxygen atoms in total. The van der Waals surface area contributed by atoms with E-state index >= 15 is 0 Å². The molecule has 0 aliphatic heterocycles. The highest BCUT2D eigenvalue weighted by atomic mass is 32.1. The van der Waals surface area contributed by atoms with Gasteiger partial charge < -0.3 is 9.32 Å². The van der Waals surface area contributed by atoms with E-state index < -0.39 is 0 Å². The molecule has 10 aromatic rings. The average Bonchev–Trinajstić information content (AvgIpc) is 3.66. The van der Waals surface area contributed by atoms with Gasteiger partial charge in [0.1, 0.15) is 11.2 Å². The third kappa shape index (κ3) is 3.68. The molecule has 0 saturated carbocycles. The summed E-state index contributed by atoms with van der Waals surface area (Å²) in [6, 6.07) is 55.0. The topological polar surface area (TPSA) is 16.4 Å². The van der Waals surface area contributed by atoms with Crippen LogP contribution in [0.15, 0.2) is 156 Å². The van der Waals surface area contributed by atoms with E-state index in [4.69, 9.17) is 4.42 Å². The Bertz CT molecular complexity index is 2790. The lowest BCUT2D eigenvalue weighted by atomic mass is 9.95. The minimum Gasteiger partial charge on any atom is -0.456 e. The predicted molar refractivity (Wildman–Crippen MR) is 194 cm³/mol. The summed E-state index contributed by atoms with van der Waals surface area (Å²) < 4.78 is 8.84. The van der Waals surface area contributed by atoms with Crippen molar-refractivity contribution < 1.29 is 4.42 Å². The number of fused-ring (bicyclic) bond motifs is 11. The second-order valence-corrected chi connectivity index (χ2v) is 12.8. The van der Waals surface area contributed by atoms with Crippen LogP contribution in [0.4, 0.5) is 17.1 Å². The quantitative estimate of drug-likeness (QED) is 0.190.